The van der Waals surface area contributed by atoms with Crippen LogP contribution in [0, 0.1) is 4.91 Å². The highest BCUT2D eigenvalue weighted by atomic mass is 16.5. The maximum absolute atomic E-state index is 10.3. The van der Waals surface area contributed by atoms with Crippen LogP contribution in [0.5, 0.6) is 0 Å². The Labute approximate surface area is 95.3 Å². The lowest BCUT2D eigenvalue weighted by Crippen LogP contribution is -2.25. The number of nitroso groups, excluding NO2 is 1. The van der Waals surface area contributed by atoms with E-state index in [4.69, 9.17) is 4.74 Å². The molecular formula is C11H17N3O2. The van der Waals surface area contributed by atoms with E-state index >= 15 is 0 Å². The fourth-order valence-electron chi connectivity index (χ4n) is 2.10. The second kappa shape index (κ2) is 5.12. The van der Waals surface area contributed by atoms with Crippen molar-refractivity contribution in [3.63, 3.8) is 0 Å². The second-order valence-corrected chi connectivity index (χ2v) is 4.17. The molecule has 2 rings (SSSR count). The van der Waals surface area contributed by atoms with E-state index in [2.05, 4.69) is 5.18 Å². The molecule has 0 spiro atoms. The largest absolute Gasteiger partial charge is 0.358 e. The van der Waals surface area contributed by atoms with E-state index in [-0.39, 0.29) is 0 Å². The van der Waals surface area contributed by atoms with Crippen molar-refractivity contribution in [2.75, 3.05) is 13.8 Å². The van der Waals surface area contributed by atoms with Crippen molar-refractivity contribution in [3.8, 4) is 0 Å². The molecule has 88 valence electrons. The Morgan fingerprint density at radius 2 is 2.25 bits per heavy atom. The van der Waals surface area contributed by atoms with Gasteiger partial charge in [0.1, 0.15) is 18.8 Å². The molecule has 5 nitrogen and oxygen atoms in total. The summed E-state index contributed by atoms with van der Waals surface area (Å²) in [5.41, 5.74) is 0. The van der Waals surface area contributed by atoms with E-state index in [9.17, 15) is 4.91 Å². The molecule has 1 saturated carbocycles. The second-order valence-electron chi connectivity index (χ2n) is 4.17. The number of hydrogen-bond donors (Lipinski definition) is 0. The summed E-state index contributed by atoms with van der Waals surface area (Å²) in [6.45, 7) is 0.493. The van der Waals surface area contributed by atoms with Crippen molar-refractivity contribution in [1.29, 1.82) is 0 Å². The number of rotatable bonds is 4. The van der Waals surface area contributed by atoms with Crippen LogP contribution in [-0.2, 0) is 4.74 Å². The summed E-state index contributed by atoms with van der Waals surface area (Å²) in [4.78, 5) is 14.0. The minimum absolute atomic E-state index is 0.379. The van der Waals surface area contributed by atoms with E-state index in [1.165, 1.54) is 19.0 Å². The lowest BCUT2D eigenvalue weighted by molar-refractivity contribution is 0.00769. The van der Waals surface area contributed by atoms with E-state index in [0.29, 0.717) is 12.8 Å². The Morgan fingerprint density at radius 1 is 1.50 bits per heavy atom. The SMILES string of the molecule is CN1C=CN(COC2CCCC2)/C1=C\N=O. The van der Waals surface area contributed by atoms with Crippen LogP contribution in [0.2, 0.25) is 0 Å². The third-order valence-corrected chi connectivity index (χ3v) is 3.05. The fraction of sp³-hybridized carbons (Fsp3) is 0.636. The third-order valence-electron chi connectivity index (χ3n) is 3.05. The highest BCUT2D eigenvalue weighted by Gasteiger charge is 2.20. The number of hydrogen-bond acceptors (Lipinski definition) is 5. The van der Waals surface area contributed by atoms with Crippen LogP contribution in [0.4, 0.5) is 0 Å². The van der Waals surface area contributed by atoms with Crippen LogP contribution in [-0.4, -0.2) is 29.7 Å². The lowest BCUT2D eigenvalue weighted by Gasteiger charge is -2.22. The molecule has 0 aromatic rings. The first kappa shape index (κ1) is 11.1. The Morgan fingerprint density at radius 3 is 2.94 bits per heavy atom. The predicted octanol–water partition coefficient (Wildman–Crippen LogP) is 2.19. The number of nitrogens with zero attached hydrogens (tertiary/aromatic N) is 3. The van der Waals surface area contributed by atoms with Crippen molar-refractivity contribution >= 4 is 0 Å². The molecule has 0 aromatic heterocycles. The van der Waals surface area contributed by atoms with Crippen LogP contribution in [0.3, 0.4) is 0 Å². The standard InChI is InChI=1S/C11H17N3O2/c1-13-6-7-14(11(13)8-12-15)9-16-10-4-2-3-5-10/h6-8,10H,2-5,9H2,1H3/b11-8-. The van der Waals surface area contributed by atoms with Crippen molar-refractivity contribution in [1.82, 2.24) is 9.80 Å². The summed E-state index contributed by atoms with van der Waals surface area (Å²) < 4.78 is 5.78. The van der Waals surface area contributed by atoms with Gasteiger partial charge in [-0.05, 0) is 18.0 Å². The molecule has 0 atom stereocenters. The van der Waals surface area contributed by atoms with Gasteiger partial charge in [0.05, 0.1) is 6.10 Å². The monoisotopic (exact) mass is 223 g/mol. The molecule has 0 saturated heterocycles. The van der Waals surface area contributed by atoms with Crippen LogP contribution in [0.25, 0.3) is 0 Å². The zero-order valence-electron chi connectivity index (χ0n) is 9.50. The fourth-order valence-corrected chi connectivity index (χ4v) is 2.10. The summed E-state index contributed by atoms with van der Waals surface area (Å²) in [5, 5.41) is 2.81. The van der Waals surface area contributed by atoms with Gasteiger partial charge in [-0.3, -0.25) is 0 Å². The highest BCUT2D eigenvalue weighted by Crippen LogP contribution is 2.23. The Bertz CT molecular complexity index is 308. The van der Waals surface area contributed by atoms with Crippen molar-refractivity contribution < 1.29 is 4.74 Å². The predicted molar refractivity (Wildman–Crippen MR) is 60.8 cm³/mol. The molecule has 0 unspecified atom stereocenters. The molecule has 1 aliphatic carbocycles. The van der Waals surface area contributed by atoms with Gasteiger partial charge in [0.25, 0.3) is 0 Å². The molecule has 2 aliphatic rings. The van der Waals surface area contributed by atoms with Gasteiger partial charge in [0.2, 0.25) is 0 Å². The molecule has 0 radical (unpaired) electrons. The Balaban J connectivity index is 1.86. The zero-order valence-corrected chi connectivity index (χ0v) is 9.50. The van der Waals surface area contributed by atoms with Gasteiger partial charge in [-0.1, -0.05) is 12.8 Å². The maximum atomic E-state index is 10.3. The maximum Gasteiger partial charge on any atom is 0.136 e. The third kappa shape index (κ3) is 2.41. The van der Waals surface area contributed by atoms with Crippen molar-refractivity contribution in [2.24, 2.45) is 5.18 Å². The van der Waals surface area contributed by atoms with Gasteiger partial charge < -0.3 is 14.5 Å². The Kier molecular flexibility index (Phi) is 3.56. The molecular weight excluding hydrogens is 206 g/mol. The van der Waals surface area contributed by atoms with E-state index in [1.807, 2.05) is 29.2 Å². The zero-order chi connectivity index (χ0) is 11.4. The molecule has 1 aliphatic heterocycles. The van der Waals surface area contributed by atoms with Gasteiger partial charge >= 0.3 is 0 Å². The average molecular weight is 223 g/mol. The van der Waals surface area contributed by atoms with Gasteiger partial charge in [-0.25, -0.2) is 0 Å². The molecule has 0 aromatic carbocycles. The van der Waals surface area contributed by atoms with Gasteiger partial charge in [0.15, 0.2) is 0 Å². The molecule has 0 N–H and O–H groups in total. The van der Waals surface area contributed by atoms with E-state index < -0.39 is 0 Å². The van der Waals surface area contributed by atoms with E-state index in [1.54, 1.807) is 0 Å². The van der Waals surface area contributed by atoms with Crippen LogP contribution in [0.1, 0.15) is 25.7 Å². The smallest absolute Gasteiger partial charge is 0.136 e. The molecule has 0 bridgehead atoms. The normalized spacial score (nSPS) is 23.7. The summed E-state index contributed by atoms with van der Waals surface area (Å²) in [5.74, 6) is 0.757. The topological polar surface area (TPSA) is 45.1 Å². The summed E-state index contributed by atoms with van der Waals surface area (Å²) in [7, 11) is 1.88. The first-order chi connectivity index (χ1) is 7.81. The van der Waals surface area contributed by atoms with Crippen molar-refractivity contribution in [2.45, 2.75) is 31.8 Å². The Hall–Kier alpha value is -1.36. The summed E-state index contributed by atoms with van der Waals surface area (Å²) in [6.07, 6.45) is 10.3. The quantitative estimate of drug-likeness (QED) is 0.685. The van der Waals surface area contributed by atoms with E-state index in [0.717, 1.165) is 18.7 Å². The van der Waals surface area contributed by atoms with Crippen LogP contribution >= 0.6 is 0 Å². The molecule has 16 heavy (non-hydrogen) atoms. The van der Waals surface area contributed by atoms with Crippen molar-refractivity contribution in [3.05, 3.63) is 29.3 Å². The highest BCUT2D eigenvalue weighted by molar-refractivity contribution is 5.12. The van der Waals surface area contributed by atoms with Crippen LogP contribution in [0.15, 0.2) is 29.6 Å². The average Bonchev–Trinajstić information content (AvgIpc) is 2.89. The van der Waals surface area contributed by atoms with Crippen LogP contribution < -0.4 is 0 Å². The molecule has 5 heteroatoms. The van der Waals surface area contributed by atoms with Gasteiger partial charge in [0, 0.05) is 19.4 Å². The minimum atomic E-state index is 0.379. The lowest BCUT2D eigenvalue weighted by atomic mass is 10.3. The summed E-state index contributed by atoms with van der Waals surface area (Å²) >= 11 is 0. The summed E-state index contributed by atoms with van der Waals surface area (Å²) in [6, 6.07) is 0. The molecule has 0 amide bonds. The minimum Gasteiger partial charge on any atom is -0.358 e. The number of ether oxygens (including phenoxy) is 1. The molecule has 1 heterocycles. The first-order valence-electron chi connectivity index (χ1n) is 5.63. The first-order valence-corrected chi connectivity index (χ1v) is 5.63. The van der Waals surface area contributed by atoms with Gasteiger partial charge in [-0.2, -0.15) is 0 Å². The molecule has 1 fully saturated rings. The van der Waals surface area contributed by atoms with Gasteiger partial charge in [-0.15, -0.1) is 4.91 Å².